The molecular formula is C20H16N4O. The first kappa shape index (κ1) is 16.2. The second-order valence-electron chi connectivity index (χ2n) is 5.46. The molecule has 0 bridgehead atoms. The molecule has 0 unspecified atom stereocenters. The minimum atomic E-state index is -0.0826. The Balaban J connectivity index is 1.58. The number of carbonyl (C=O) groups excluding carboxylic acids is 1. The number of rotatable bonds is 5. The van der Waals surface area contributed by atoms with Gasteiger partial charge in [0.1, 0.15) is 5.82 Å². The van der Waals surface area contributed by atoms with Crippen LogP contribution in [0.15, 0.2) is 72.9 Å². The summed E-state index contributed by atoms with van der Waals surface area (Å²) in [6.07, 6.45) is 1.93. The SMILES string of the molecule is N#Cc1ccc(Nc2ccc(NC(=O)Cc3ccccc3)cn2)cc1. The van der Waals surface area contributed by atoms with E-state index in [1.54, 1.807) is 30.5 Å². The van der Waals surface area contributed by atoms with E-state index in [1.165, 1.54) is 0 Å². The van der Waals surface area contributed by atoms with E-state index >= 15 is 0 Å². The van der Waals surface area contributed by atoms with E-state index in [9.17, 15) is 4.79 Å². The van der Waals surface area contributed by atoms with Crippen LogP contribution in [0.4, 0.5) is 17.2 Å². The van der Waals surface area contributed by atoms with Gasteiger partial charge in [-0.2, -0.15) is 5.26 Å². The van der Waals surface area contributed by atoms with Crippen LogP contribution in [0.1, 0.15) is 11.1 Å². The Morgan fingerprint density at radius 2 is 1.68 bits per heavy atom. The fraction of sp³-hybridized carbons (Fsp3) is 0.0500. The summed E-state index contributed by atoms with van der Waals surface area (Å²) in [5.41, 5.74) is 3.06. The highest BCUT2D eigenvalue weighted by molar-refractivity contribution is 5.92. The van der Waals surface area contributed by atoms with Gasteiger partial charge in [0.05, 0.1) is 29.9 Å². The minimum absolute atomic E-state index is 0.0826. The summed E-state index contributed by atoms with van der Waals surface area (Å²) in [4.78, 5) is 16.3. The molecule has 0 fully saturated rings. The predicted octanol–water partition coefficient (Wildman–Crippen LogP) is 3.88. The van der Waals surface area contributed by atoms with E-state index in [0.29, 0.717) is 23.5 Å². The second kappa shape index (κ2) is 7.75. The smallest absolute Gasteiger partial charge is 0.228 e. The van der Waals surface area contributed by atoms with Gasteiger partial charge in [0.25, 0.3) is 0 Å². The quantitative estimate of drug-likeness (QED) is 0.745. The predicted molar refractivity (Wildman–Crippen MR) is 97.5 cm³/mol. The van der Waals surface area contributed by atoms with E-state index in [1.807, 2.05) is 42.5 Å². The van der Waals surface area contributed by atoms with Crippen molar-refractivity contribution in [3.63, 3.8) is 0 Å². The molecule has 122 valence electrons. The fourth-order valence-electron chi connectivity index (χ4n) is 2.30. The molecule has 2 aromatic carbocycles. The molecule has 0 aliphatic rings. The lowest BCUT2D eigenvalue weighted by Crippen LogP contribution is -2.14. The molecular weight excluding hydrogens is 312 g/mol. The van der Waals surface area contributed by atoms with Crippen molar-refractivity contribution in [2.45, 2.75) is 6.42 Å². The molecule has 0 aliphatic heterocycles. The largest absolute Gasteiger partial charge is 0.340 e. The zero-order valence-electron chi connectivity index (χ0n) is 13.4. The van der Waals surface area contributed by atoms with Crippen molar-refractivity contribution in [2.75, 3.05) is 10.6 Å². The number of nitriles is 1. The lowest BCUT2D eigenvalue weighted by molar-refractivity contribution is -0.115. The number of benzene rings is 2. The average Bonchev–Trinajstić information content (AvgIpc) is 2.65. The first-order valence-corrected chi connectivity index (χ1v) is 7.80. The zero-order chi connectivity index (χ0) is 17.5. The van der Waals surface area contributed by atoms with Crippen LogP contribution in [0.3, 0.4) is 0 Å². The summed E-state index contributed by atoms with van der Waals surface area (Å²) < 4.78 is 0. The number of amides is 1. The number of hydrogen-bond acceptors (Lipinski definition) is 4. The summed E-state index contributed by atoms with van der Waals surface area (Å²) in [7, 11) is 0. The topological polar surface area (TPSA) is 77.8 Å². The van der Waals surface area contributed by atoms with E-state index < -0.39 is 0 Å². The maximum Gasteiger partial charge on any atom is 0.228 e. The molecule has 0 atom stereocenters. The molecule has 5 heteroatoms. The fourth-order valence-corrected chi connectivity index (χ4v) is 2.30. The van der Waals surface area contributed by atoms with Crippen molar-refractivity contribution < 1.29 is 4.79 Å². The monoisotopic (exact) mass is 328 g/mol. The summed E-state index contributed by atoms with van der Waals surface area (Å²) in [6.45, 7) is 0. The Labute approximate surface area is 146 Å². The van der Waals surface area contributed by atoms with Crippen molar-refractivity contribution in [2.24, 2.45) is 0 Å². The van der Waals surface area contributed by atoms with Crippen molar-refractivity contribution in [3.8, 4) is 6.07 Å². The number of hydrogen-bond donors (Lipinski definition) is 2. The summed E-state index contributed by atoms with van der Waals surface area (Å²) in [6, 6.07) is 22.3. The Morgan fingerprint density at radius 3 is 2.32 bits per heavy atom. The van der Waals surface area contributed by atoms with Crippen molar-refractivity contribution in [3.05, 3.63) is 84.1 Å². The molecule has 0 radical (unpaired) electrons. The third-order valence-electron chi connectivity index (χ3n) is 3.54. The lowest BCUT2D eigenvalue weighted by Gasteiger charge is -2.08. The highest BCUT2D eigenvalue weighted by Crippen LogP contribution is 2.17. The van der Waals surface area contributed by atoms with Crippen LogP contribution in [0.2, 0.25) is 0 Å². The van der Waals surface area contributed by atoms with Gasteiger partial charge in [-0.15, -0.1) is 0 Å². The third kappa shape index (κ3) is 4.66. The highest BCUT2D eigenvalue weighted by atomic mass is 16.1. The molecule has 0 aliphatic carbocycles. The Kier molecular flexibility index (Phi) is 5.03. The Morgan fingerprint density at radius 1 is 0.960 bits per heavy atom. The van der Waals surface area contributed by atoms with Crippen LogP contribution >= 0.6 is 0 Å². The van der Waals surface area contributed by atoms with Crippen LogP contribution in [0.25, 0.3) is 0 Å². The molecule has 5 nitrogen and oxygen atoms in total. The van der Waals surface area contributed by atoms with Crippen LogP contribution < -0.4 is 10.6 Å². The summed E-state index contributed by atoms with van der Waals surface area (Å²) >= 11 is 0. The molecule has 1 amide bonds. The van der Waals surface area contributed by atoms with E-state index in [0.717, 1.165) is 11.3 Å². The van der Waals surface area contributed by atoms with Gasteiger partial charge >= 0.3 is 0 Å². The van der Waals surface area contributed by atoms with Crippen molar-refractivity contribution in [1.29, 1.82) is 5.26 Å². The maximum atomic E-state index is 12.0. The minimum Gasteiger partial charge on any atom is -0.340 e. The number of aromatic nitrogens is 1. The van der Waals surface area contributed by atoms with Crippen molar-refractivity contribution >= 4 is 23.1 Å². The Bertz CT molecular complexity index is 882. The number of nitrogens with one attached hydrogen (secondary N) is 2. The van der Waals surface area contributed by atoms with Crippen LogP contribution in [-0.2, 0) is 11.2 Å². The molecule has 3 aromatic rings. The summed E-state index contributed by atoms with van der Waals surface area (Å²) in [5, 5.41) is 14.8. The maximum absolute atomic E-state index is 12.0. The summed E-state index contributed by atoms with van der Waals surface area (Å²) in [5.74, 6) is 0.576. The Hall–Kier alpha value is -3.65. The molecule has 2 N–H and O–H groups in total. The van der Waals surface area contributed by atoms with E-state index in [4.69, 9.17) is 5.26 Å². The number of nitrogens with zero attached hydrogens (tertiary/aromatic N) is 2. The molecule has 0 saturated heterocycles. The van der Waals surface area contributed by atoms with Gasteiger partial charge in [0, 0.05) is 5.69 Å². The van der Waals surface area contributed by atoms with Gasteiger partial charge in [-0.05, 0) is 42.0 Å². The highest BCUT2D eigenvalue weighted by Gasteiger charge is 2.04. The van der Waals surface area contributed by atoms with Gasteiger partial charge in [-0.3, -0.25) is 4.79 Å². The molecule has 25 heavy (non-hydrogen) atoms. The van der Waals surface area contributed by atoms with Crippen LogP contribution in [-0.4, -0.2) is 10.9 Å². The molecule has 3 rings (SSSR count). The number of anilines is 3. The first-order valence-electron chi connectivity index (χ1n) is 7.80. The molecule has 1 aromatic heterocycles. The molecule has 0 spiro atoms. The third-order valence-corrected chi connectivity index (χ3v) is 3.54. The second-order valence-corrected chi connectivity index (χ2v) is 5.46. The average molecular weight is 328 g/mol. The van der Waals surface area contributed by atoms with E-state index in [2.05, 4.69) is 21.7 Å². The van der Waals surface area contributed by atoms with Gasteiger partial charge in [0.15, 0.2) is 0 Å². The van der Waals surface area contributed by atoms with Gasteiger partial charge in [-0.1, -0.05) is 30.3 Å². The van der Waals surface area contributed by atoms with Crippen LogP contribution in [0, 0.1) is 11.3 Å². The molecule has 0 saturated carbocycles. The van der Waals surface area contributed by atoms with Gasteiger partial charge in [-0.25, -0.2) is 4.98 Å². The van der Waals surface area contributed by atoms with Gasteiger partial charge < -0.3 is 10.6 Å². The van der Waals surface area contributed by atoms with Crippen LogP contribution in [0.5, 0.6) is 0 Å². The molecule has 1 heterocycles. The normalized spacial score (nSPS) is 9.88. The lowest BCUT2D eigenvalue weighted by atomic mass is 10.1. The zero-order valence-corrected chi connectivity index (χ0v) is 13.4. The van der Waals surface area contributed by atoms with Gasteiger partial charge in [0.2, 0.25) is 5.91 Å². The number of carbonyl (C=O) groups is 1. The van der Waals surface area contributed by atoms with Crippen molar-refractivity contribution in [1.82, 2.24) is 4.98 Å². The van der Waals surface area contributed by atoms with E-state index in [-0.39, 0.29) is 5.91 Å². The standard InChI is InChI=1S/C20H16N4O/c21-13-16-6-8-17(9-7-16)23-19-11-10-18(14-22-19)24-20(25)12-15-4-2-1-3-5-15/h1-11,14H,12H2,(H,22,23)(H,24,25). The first-order chi connectivity index (χ1) is 12.2. The number of pyridine rings is 1.